The Morgan fingerprint density at radius 1 is 1.04 bits per heavy atom. The van der Waals surface area contributed by atoms with Crippen molar-refractivity contribution in [1.82, 2.24) is 0 Å². The first-order valence-electron chi connectivity index (χ1n) is 8.68. The summed E-state index contributed by atoms with van der Waals surface area (Å²) in [4.78, 5) is 10.5. The molecule has 0 saturated heterocycles. The zero-order chi connectivity index (χ0) is 19.7. The van der Waals surface area contributed by atoms with Crippen molar-refractivity contribution < 1.29 is 10.0 Å². The number of rotatable bonds is 4. The molecule has 0 saturated carbocycles. The lowest BCUT2D eigenvalue weighted by Gasteiger charge is -2.24. The third-order valence-corrected chi connectivity index (χ3v) is 4.96. The molecule has 28 heavy (non-hydrogen) atoms. The summed E-state index contributed by atoms with van der Waals surface area (Å²) in [5, 5.41) is 28.4. The molecule has 0 aromatic heterocycles. The summed E-state index contributed by atoms with van der Waals surface area (Å²) < 4.78 is 0. The number of hydrogen-bond acceptors (Lipinski definition) is 5. The summed E-state index contributed by atoms with van der Waals surface area (Å²) in [7, 11) is 0. The van der Waals surface area contributed by atoms with Crippen molar-refractivity contribution in [1.29, 1.82) is 0 Å². The highest BCUT2D eigenvalue weighted by Gasteiger charge is 2.31. The second kappa shape index (κ2) is 7.32. The fourth-order valence-electron chi connectivity index (χ4n) is 3.30. The number of anilines is 1. The van der Waals surface area contributed by atoms with E-state index in [-0.39, 0.29) is 17.5 Å². The first kappa shape index (κ1) is 18.0. The minimum Gasteiger partial charge on any atom is -0.507 e. The van der Waals surface area contributed by atoms with Gasteiger partial charge in [0.2, 0.25) is 0 Å². The molecule has 1 aliphatic rings. The van der Waals surface area contributed by atoms with Gasteiger partial charge in [-0.15, -0.1) is 0 Å². The number of para-hydroxylation sites is 1. The average molecular weight is 394 g/mol. The van der Waals surface area contributed by atoms with E-state index in [1.807, 2.05) is 29.3 Å². The maximum absolute atomic E-state index is 11.0. The number of benzene rings is 3. The van der Waals surface area contributed by atoms with Gasteiger partial charge in [-0.05, 0) is 42.0 Å². The van der Waals surface area contributed by atoms with Crippen molar-refractivity contribution in [3.05, 3.63) is 99.1 Å². The number of nitro groups is 1. The van der Waals surface area contributed by atoms with Crippen LogP contribution in [0.25, 0.3) is 0 Å². The van der Waals surface area contributed by atoms with Crippen LogP contribution in [0, 0.1) is 10.1 Å². The molecule has 3 aromatic rings. The van der Waals surface area contributed by atoms with E-state index in [0.717, 1.165) is 17.0 Å². The maximum Gasteiger partial charge on any atom is 0.269 e. The lowest BCUT2D eigenvalue weighted by atomic mass is 9.97. The number of phenolic OH excluding ortho intramolecular Hbond substituents is 1. The molecule has 4 rings (SSSR count). The summed E-state index contributed by atoms with van der Waals surface area (Å²) >= 11 is 6.01. The Balaban J connectivity index is 1.75. The molecule has 1 atom stereocenters. The Bertz CT molecular complexity index is 1050. The van der Waals surface area contributed by atoms with Crippen molar-refractivity contribution in [3.8, 4) is 5.75 Å². The van der Waals surface area contributed by atoms with E-state index in [0.29, 0.717) is 17.0 Å². The number of halogens is 1. The van der Waals surface area contributed by atoms with E-state index in [2.05, 4.69) is 0 Å². The summed E-state index contributed by atoms with van der Waals surface area (Å²) in [6.45, 7) is 0. The molecule has 0 aliphatic carbocycles. The molecule has 7 heteroatoms. The smallest absolute Gasteiger partial charge is 0.269 e. The molecule has 0 bridgehead atoms. The fraction of sp³-hybridized carbons (Fsp3) is 0.0952. The zero-order valence-corrected chi connectivity index (χ0v) is 15.5. The van der Waals surface area contributed by atoms with Gasteiger partial charge in [0.25, 0.3) is 5.69 Å². The van der Waals surface area contributed by atoms with E-state index in [1.165, 1.54) is 12.1 Å². The van der Waals surface area contributed by atoms with Gasteiger partial charge in [0.1, 0.15) is 5.75 Å². The van der Waals surface area contributed by atoms with Crippen LogP contribution in [0.5, 0.6) is 5.75 Å². The van der Waals surface area contributed by atoms with E-state index in [9.17, 15) is 15.2 Å². The van der Waals surface area contributed by atoms with Crippen molar-refractivity contribution in [3.63, 3.8) is 0 Å². The number of nitro benzene ring substituents is 1. The molecule has 0 spiro atoms. The molecule has 0 amide bonds. The predicted molar refractivity (Wildman–Crippen MR) is 109 cm³/mol. The highest BCUT2D eigenvalue weighted by molar-refractivity contribution is 6.30. The summed E-state index contributed by atoms with van der Waals surface area (Å²) in [5.74, 6) is 0.168. The number of non-ortho nitro benzene ring substituents is 1. The molecule has 1 aliphatic heterocycles. The Labute approximate surface area is 166 Å². The molecule has 1 N–H and O–H groups in total. The third-order valence-electron chi connectivity index (χ3n) is 4.71. The van der Waals surface area contributed by atoms with Crippen LogP contribution < -0.4 is 5.01 Å². The topological polar surface area (TPSA) is 79.0 Å². The SMILES string of the molecule is O=[N+]([O-])c1ccc(C2CC(c3ccccc3O)=NN2c2ccc(Cl)cc2)cc1. The van der Waals surface area contributed by atoms with Crippen LogP contribution in [0.1, 0.15) is 23.6 Å². The third kappa shape index (κ3) is 3.42. The molecular formula is C21H16ClN3O3. The number of aromatic hydroxyl groups is 1. The minimum absolute atomic E-state index is 0.0432. The van der Waals surface area contributed by atoms with Gasteiger partial charge in [0, 0.05) is 29.1 Å². The van der Waals surface area contributed by atoms with Gasteiger partial charge in [-0.1, -0.05) is 35.9 Å². The molecule has 1 heterocycles. The van der Waals surface area contributed by atoms with Gasteiger partial charge in [-0.3, -0.25) is 15.1 Å². The Morgan fingerprint density at radius 3 is 2.36 bits per heavy atom. The Kier molecular flexibility index (Phi) is 4.71. The second-order valence-corrected chi connectivity index (χ2v) is 6.89. The molecule has 0 radical (unpaired) electrons. The monoisotopic (exact) mass is 393 g/mol. The van der Waals surface area contributed by atoms with Crippen LogP contribution in [-0.2, 0) is 0 Å². The van der Waals surface area contributed by atoms with Gasteiger partial charge in [-0.25, -0.2) is 0 Å². The van der Waals surface area contributed by atoms with Crippen LogP contribution in [0.15, 0.2) is 77.9 Å². The number of phenols is 1. The maximum atomic E-state index is 11.0. The van der Waals surface area contributed by atoms with Crippen molar-refractivity contribution >= 4 is 28.7 Å². The van der Waals surface area contributed by atoms with E-state index >= 15 is 0 Å². The zero-order valence-electron chi connectivity index (χ0n) is 14.7. The second-order valence-electron chi connectivity index (χ2n) is 6.45. The molecule has 3 aromatic carbocycles. The summed E-state index contributed by atoms with van der Waals surface area (Å²) in [5.41, 5.74) is 3.21. The van der Waals surface area contributed by atoms with Gasteiger partial charge < -0.3 is 5.11 Å². The average Bonchev–Trinajstić information content (AvgIpc) is 3.14. The predicted octanol–water partition coefficient (Wildman–Crippen LogP) is 5.31. The van der Waals surface area contributed by atoms with Gasteiger partial charge >= 0.3 is 0 Å². The largest absolute Gasteiger partial charge is 0.507 e. The van der Waals surface area contributed by atoms with Crippen LogP contribution in [0.4, 0.5) is 11.4 Å². The van der Waals surface area contributed by atoms with Crippen molar-refractivity contribution in [2.75, 3.05) is 5.01 Å². The molecule has 6 nitrogen and oxygen atoms in total. The highest BCUT2D eigenvalue weighted by Crippen LogP contribution is 2.38. The molecule has 1 unspecified atom stereocenters. The highest BCUT2D eigenvalue weighted by atomic mass is 35.5. The Morgan fingerprint density at radius 2 is 1.71 bits per heavy atom. The van der Waals surface area contributed by atoms with Crippen LogP contribution in [-0.4, -0.2) is 15.7 Å². The fourth-order valence-corrected chi connectivity index (χ4v) is 3.43. The van der Waals surface area contributed by atoms with Crippen molar-refractivity contribution in [2.45, 2.75) is 12.5 Å². The van der Waals surface area contributed by atoms with Crippen molar-refractivity contribution in [2.24, 2.45) is 5.10 Å². The van der Waals surface area contributed by atoms with Gasteiger partial charge in [0.15, 0.2) is 0 Å². The van der Waals surface area contributed by atoms with Crippen LogP contribution in [0.2, 0.25) is 5.02 Å². The Hall–Kier alpha value is -3.38. The normalized spacial score (nSPS) is 16.1. The first-order chi connectivity index (χ1) is 13.5. The summed E-state index contributed by atoms with van der Waals surface area (Å²) in [6.07, 6.45) is 0.554. The quantitative estimate of drug-likeness (QED) is 0.481. The first-order valence-corrected chi connectivity index (χ1v) is 9.06. The number of hydrazone groups is 1. The lowest BCUT2D eigenvalue weighted by Crippen LogP contribution is -2.18. The van der Waals surface area contributed by atoms with E-state index in [4.69, 9.17) is 16.7 Å². The van der Waals surface area contributed by atoms with Crippen LogP contribution >= 0.6 is 11.6 Å². The van der Waals surface area contributed by atoms with E-state index < -0.39 is 4.92 Å². The number of nitrogens with zero attached hydrogens (tertiary/aromatic N) is 3. The minimum atomic E-state index is -0.417. The standard InChI is InChI=1S/C21H16ClN3O3/c22-15-7-11-16(12-8-15)24-20(14-5-9-17(10-6-14)25(27)28)13-19(23-24)18-3-1-2-4-21(18)26/h1-12,20,26H,13H2. The van der Waals surface area contributed by atoms with Gasteiger partial charge in [-0.2, -0.15) is 5.10 Å². The number of hydrogen-bond donors (Lipinski definition) is 1. The van der Waals surface area contributed by atoms with E-state index in [1.54, 1.807) is 36.4 Å². The van der Waals surface area contributed by atoms with Gasteiger partial charge in [0.05, 0.1) is 22.4 Å². The van der Waals surface area contributed by atoms with Crippen LogP contribution in [0.3, 0.4) is 0 Å². The molecule has 0 fully saturated rings. The summed E-state index contributed by atoms with van der Waals surface area (Å²) in [6, 6.07) is 20.7. The molecular weight excluding hydrogens is 378 g/mol. The molecule has 140 valence electrons. The lowest BCUT2D eigenvalue weighted by molar-refractivity contribution is -0.384.